The van der Waals surface area contributed by atoms with Crippen molar-refractivity contribution in [1.29, 1.82) is 0 Å². The molecule has 4 rings (SSSR count). The van der Waals surface area contributed by atoms with Crippen LogP contribution in [-0.4, -0.2) is 64.8 Å². The van der Waals surface area contributed by atoms with Crippen molar-refractivity contribution in [3.63, 3.8) is 0 Å². The Morgan fingerprint density at radius 1 is 1.28 bits per heavy atom. The zero-order valence-corrected chi connectivity index (χ0v) is 17.4. The van der Waals surface area contributed by atoms with E-state index in [1.165, 1.54) is 4.31 Å². The predicted molar refractivity (Wildman–Crippen MR) is 105 cm³/mol. The number of likely N-dealkylation sites (tertiary alicyclic amines) is 1. The van der Waals surface area contributed by atoms with Crippen molar-refractivity contribution in [2.75, 3.05) is 26.2 Å². The van der Waals surface area contributed by atoms with Crippen molar-refractivity contribution in [2.45, 2.75) is 44.2 Å². The monoisotopic (exact) mass is 419 g/mol. The molecule has 10 heteroatoms. The van der Waals surface area contributed by atoms with E-state index in [4.69, 9.17) is 4.74 Å². The highest BCUT2D eigenvalue weighted by atomic mass is 32.2. The molecule has 2 saturated heterocycles. The largest absolute Gasteiger partial charge is 0.494 e. The molecule has 2 aliphatic rings. The Morgan fingerprint density at radius 3 is 2.72 bits per heavy atom. The highest BCUT2D eigenvalue weighted by Gasteiger charge is 2.38. The molecular weight excluding hydrogens is 394 g/mol. The molecule has 9 nitrogen and oxygen atoms in total. The lowest BCUT2D eigenvalue weighted by atomic mass is 10.2. The standard InChI is InChI=1S/C19H25N5O4S/c1-3-28-18-7-6-17(9-14(18)2)29(26,27)23-12-16(13-23)24-11-15(20-21-24)10-22-8-4-5-19(22)25/h6-7,9,11,16H,3-5,8,10,12-13H2,1-2H3. The number of hydrogen-bond donors (Lipinski definition) is 0. The first-order valence-corrected chi connectivity index (χ1v) is 11.2. The number of rotatable bonds is 7. The van der Waals surface area contributed by atoms with Gasteiger partial charge in [-0.15, -0.1) is 5.10 Å². The molecule has 0 saturated carbocycles. The van der Waals surface area contributed by atoms with Gasteiger partial charge in [0.15, 0.2) is 0 Å². The van der Waals surface area contributed by atoms with Gasteiger partial charge in [-0.05, 0) is 44.0 Å². The molecule has 1 aromatic carbocycles. The second-order valence-electron chi connectivity index (χ2n) is 7.44. The number of carbonyl (C=O) groups excluding carboxylic acids is 1. The number of amides is 1. The highest BCUT2D eigenvalue weighted by Crippen LogP contribution is 2.30. The van der Waals surface area contributed by atoms with Crippen LogP contribution in [0.4, 0.5) is 0 Å². The predicted octanol–water partition coefficient (Wildman–Crippen LogP) is 1.35. The van der Waals surface area contributed by atoms with Gasteiger partial charge in [-0.25, -0.2) is 13.1 Å². The Morgan fingerprint density at radius 2 is 2.07 bits per heavy atom. The van der Waals surface area contributed by atoms with Crippen molar-refractivity contribution < 1.29 is 17.9 Å². The van der Waals surface area contributed by atoms with Gasteiger partial charge in [-0.3, -0.25) is 4.79 Å². The summed E-state index contributed by atoms with van der Waals surface area (Å²) in [5, 5.41) is 8.27. The molecular formula is C19H25N5O4S. The number of sulfonamides is 1. The molecule has 1 aromatic heterocycles. The van der Waals surface area contributed by atoms with E-state index < -0.39 is 10.0 Å². The van der Waals surface area contributed by atoms with Crippen molar-refractivity contribution in [3.05, 3.63) is 35.7 Å². The third kappa shape index (κ3) is 3.86. The van der Waals surface area contributed by atoms with Gasteiger partial charge in [0.2, 0.25) is 15.9 Å². The summed E-state index contributed by atoms with van der Waals surface area (Å²) in [6.45, 7) is 6.17. The molecule has 2 fully saturated rings. The van der Waals surface area contributed by atoms with E-state index in [1.54, 1.807) is 34.0 Å². The van der Waals surface area contributed by atoms with Crippen LogP contribution in [0.15, 0.2) is 29.3 Å². The van der Waals surface area contributed by atoms with Crippen LogP contribution in [0.5, 0.6) is 5.75 Å². The number of nitrogens with zero attached hydrogens (tertiary/aromatic N) is 5. The number of benzene rings is 1. The summed E-state index contributed by atoms with van der Waals surface area (Å²) in [5.41, 5.74) is 1.52. The lowest BCUT2D eigenvalue weighted by Gasteiger charge is -2.37. The fourth-order valence-corrected chi connectivity index (χ4v) is 5.26. The molecule has 0 bridgehead atoms. The van der Waals surface area contributed by atoms with Crippen LogP contribution in [0.2, 0.25) is 0 Å². The van der Waals surface area contributed by atoms with Crippen LogP contribution >= 0.6 is 0 Å². The molecule has 2 aromatic rings. The first-order chi connectivity index (χ1) is 13.9. The maximum absolute atomic E-state index is 12.9. The van der Waals surface area contributed by atoms with Gasteiger partial charge in [0.1, 0.15) is 11.4 Å². The quantitative estimate of drug-likeness (QED) is 0.672. The van der Waals surface area contributed by atoms with E-state index in [2.05, 4.69) is 10.3 Å². The SMILES string of the molecule is CCOc1ccc(S(=O)(=O)N2CC(n3cc(CN4CCCC4=O)nn3)C2)cc1C. The Kier molecular flexibility index (Phi) is 5.30. The molecule has 0 spiro atoms. The van der Waals surface area contributed by atoms with E-state index in [9.17, 15) is 13.2 Å². The summed E-state index contributed by atoms with van der Waals surface area (Å²) < 4.78 is 34.4. The number of carbonyl (C=O) groups is 1. The van der Waals surface area contributed by atoms with E-state index >= 15 is 0 Å². The van der Waals surface area contributed by atoms with Gasteiger partial charge >= 0.3 is 0 Å². The molecule has 29 heavy (non-hydrogen) atoms. The fourth-order valence-electron chi connectivity index (χ4n) is 3.66. The van der Waals surface area contributed by atoms with Crippen molar-refractivity contribution >= 4 is 15.9 Å². The second kappa shape index (κ2) is 7.75. The van der Waals surface area contributed by atoms with Crippen molar-refractivity contribution in [1.82, 2.24) is 24.2 Å². The van der Waals surface area contributed by atoms with Crippen molar-refractivity contribution in [2.24, 2.45) is 0 Å². The minimum atomic E-state index is -3.55. The van der Waals surface area contributed by atoms with Gasteiger partial charge in [0, 0.05) is 26.1 Å². The summed E-state index contributed by atoms with van der Waals surface area (Å²) in [6.07, 6.45) is 3.28. The zero-order chi connectivity index (χ0) is 20.6. The van der Waals surface area contributed by atoms with Crippen LogP contribution in [0.3, 0.4) is 0 Å². The molecule has 0 aliphatic carbocycles. The third-order valence-corrected chi connectivity index (χ3v) is 7.20. The van der Waals surface area contributed by atoms with Gasteiger partial charge in [-0.1, -0.05) is 5.21 Å². The normalized spacial score (nSPS) is 18.3. The lowest BCUT2D eigenvalue weighted by molar-refractivity contribution is -0.128. The molecule has 0 atom stereocenters. The highest BCUT2D eigenvalue weighted by molar-refractivity contribution is 7.89. The van der Waals surface area contributed by atoms with E-state index in [0.29, 0.717) is 38.4 Å². The van der Waals surface area contributed by atoms with E-state index in [-0.39, 0.29) is 16.8 Å². The molecule has 0 radical (unpaired) electrons. The molecule has 2 aliphatic heterocycles. The van der Waals surface area contributed by atoms with Gasteiger partial charge in [0.05, 0.1) is 30.3 Å². The molecule has 156 valence electrons. The summed E-state index contributed by atoms with van der Waals surface area (Å²) in [7, 11) is -3.55. The lowest BCUT2D eigenvalue weighted by Crippen LogP contribution is -2.50. The van der Waals surface area contributed by atoms with Crippen LogP contribution in [0, 0.1) is 6.92 Å². The number of ether oxygens (including phenoxy) is 1. The smallest absolute Gasteiger partial charge is 0.243 e. The first kappa shape index (κ1) is 19.8. The topological polar surface area (TPSA) is 97.6 Å². The molecule has 3 heterocycles. The summed E-state index contributed by atoms with van der Waals surface area (Å²) in [6, 6.07) is 4.88. The fraction of sp³-hybridized carbons (Fsp3) is 0.526. The summed E-state index contributed by atoms with van der Waals surface area (Å²) in [4.78, 5) is 13.8. The molecule has 1 amide bonds. The van der Waals surface area contributed by atoms with Crippen LogP contribution in [-0.2, 0) is 21.4 Å². The van der Waals surface area contributed by atoms with Crippen LogP contribution in [0.1, 0.15) is 37.1 Å². The summed E-state index contributed by atoms with van der Waals surface area (Å²) in [5.74, 6) is 0.839. The minimum Gasteiger partial charge on any atom is -0.494 e. The van der Waals surface area contributed by atoms with Crippen LogP contribution < -0.4 is 4.74 Å². The van der Waals surface area contributed by atoms with Crippen molar-refractivity contribution in [3.8, 4) is 5.75 Å². The average Bonchev–Trinajstić information content (AvgIpc) is 3.25. The van der Waals surface area contributed by atoms with Crippen LogP contribution in [0.25, 0.3) is 0 Å². The number of aryl methyl sites for hydroxylation is 1. The zero-order valence-electron chi connectivity index (χ0n) is 16.6. The Hall–Kier alpha value is -2.46. The van der Waals surface area contributed by atoms with Gasteiger partial charge < -0.3 is 9.64 Å². The summed E-state index contributed by atoms with van der Waals surface area (Å²) >= 11 is 0. The second-order valence-corrected chi connectivity index (χ2v) is 9.38. The molecule has 0 unspecified atom stereocenters. The first-order valence-electron chi connectivity index (χ1n) is 9.80. The van der Waals surface area contributed by atoms with Gasteiger partial charge in [0.25, 0.3) is 0 Å². The van der Waals surface area contributed by atoms with Gasteiger partial charge in [-0.2, -0.15) is 4.31 Å². The maximum atomic E-state index is 12.9. The number of aromatic nitrogens is 3. The van der Waals surface area contributed by atoms with E-state index in [0.717, 1.165) is 24.2 Å². The number of hydrogen-bond acceptors (Lipinski definition) is 6. The maximum Gasteiger partial charge on any atom is 0.243 e. The third-order valence-electron chi connectivity index (χ3n) is 5.37. The Balaban J connectivity index is 1.39. The Labute approximate surface area is 170 Å². The van der Waals surface area contributed by atoms with E-state index in [1.807, 2.05) is 13.8 Å². The molecule has 0 N–H and O–H groups in total. The average molecular weight is 420 g/mol. The minimum absolute atomic E-state index is 0.0518. The Bertz CT molecular complexity index is 1010.